The Morgan fingerprint density at radius 2 is 2.26 bits per heavy atom. The van der Waals surface area contributed by atoms with Crippen molar-refractivity contribution in [3.05, 3.63) is 23.5 Å². The van der Waals surface area contributed by atoms with Crippen molar-refractivity contribution in [1.29, 1.82) is 0 Å². The molecule has 0 saturated carbocycles. The summed E-state index contributed by atoms with van der Waals surface area (Å²) < 4.78 is 5.38. The highest BCUT2D eigenvalue weighted by molar-refractivity contribution is 5.51. The Morgan fingerprint density at radius 1 is 1.47 bits per heavy atom. The largest absolute Gasteiger partial charge is 0.389 e. The number of rotatable bonds is 3. The first-order valence-corrected chi connectivity index (χ1v) is 6.68. The number of aromatic nitrogens is 1. The number of nitrogens with zero attached hydrogens (tertiary/aromatic N) is 3. The predicted molar refractivity (Wildman–Crippen MR) is 75.4 cm³/mol. The molecule has 0 bridgehead atoms. The number of β-amino-alcohol motifs (C(OH)–C–C–N with tert-alkyl or cyclic N) is 1. The normalized spacial score (nSPS) is 20.7. The molecule has 1 aromatic heterocycles. The minimum absolute atomic E-state index is 0.415. The van der Waals surface area contributed by atoms with Gasteiger partial charge in [-0.15, -0.1) is 0 Å². The quantitative estimate of drug-likeness (QED) is 0.869. The van der Waals surface area contributed by atoms with Crippen molar-refractivity contribution in [3.8, 4) is 0 Å². The first-order valence-electron chi connectivity index (χ1n) is 6.68. The summed E-state index contributed by atoms with van der Waals surface area (Å²) in [6.45, 7) is 5.26. The van der Waals surface area contributed by atoms with Crippen LogP contribution in [0, 0.1) is 6.92 Å². The molecule has 0 spiro atoms. The fraction of sp³-hybridized carbons (Fsp3) is 0.643. The van der Waals surface area contributed by atoms with E-state index in [1.165, 1.54) is 0 Å². The molecule has 1 N–H and O–H groups in total. The Balaban J connectivity index is 2.26. The molecular formula is C14H23N3O2. The molecule has 5 heteroatoms. The van der Waals surface area contributed by atoms with Crippen LogP contribution in [0.3, 0.4) is 0 Å². The van der Waals surface area contributed by atoms with Crippen LogP contribution in [0.1, 0.15) is 11.4 Å². The summed E-state index contributed by atoms with van der Waals surface area (Å²) in [6, 6.07) is 4.12. The van der Waals surface area contributed by atoms with Gasteiger partial charge >= 0.3 is 0 Å². The van der Waals surface area contributed by atoms with Crippen molar-refractivity contribution in [2.45, 2.75) is 19.6 Å². The van der Waals surface area contributed by atoms with Gasteiger partial charge in [-0.1, -0.05) is 0 Å². The van der Waals surface area contributed by atoms with Crippen molar-refractivity contribution in [2.24, 2.45) is 0 Å². The Kier molecular flexibility index (Phi) is 4.74. The van der Waals surface area contributed by atoms with Crippen molar-refractivity contribution in [3.63, 3.8) is 0 Å². The number of aliphatic hydroxyl groups is 1. The van der Waals surface area contributed by atoms with E-state index in [-0.39, 0.29) is 0 Å². The van der Waals surface area contributed by atoms with Gasteiger partial charge in [-0.05, 0) is 33.2 Å². The molecule has 2 rings (SSSR count). The summed E-state index contributed by atoms with van der Waals surface area (Å²) >= 11 is 0. The number of aryl methyl sites for hydroxylation is 1. The molecule has 1 saturated heterocycles. The monoisotopic (exact) mass is 265 g/mol. The van der Waals surface area contributed by atoms with Crippen LogP contribution in [0.25, 0.3) is 0 Å². The van der Waals surface area contributed by atoms with E-state index in [1.807, 2.05) is 27.1 Å². The smallest absolute Gasteiger partial charge is 0.0948 e. The molecule has 1 fully saturated rings. The van der Waals surface area contributed by atoms with Crippen LogP contribution in [0.2, 0.25) is 0 Å². The minimum Gasteiger partial charge on any atom is -0.389 e. The van der Waals surface area contributed by atoms with Crippen molar-refractivity contribution >= 4 is 5.69 Å². The highest BCUT2D eigenvalue weighted by atomic mass is 16.5. The van der Waals surface area contributed by atoms with Crippen LogP contribution >= 0.6 is 0 Å². The van der Waals surface area contributed by atoms with Gasteiger partial charge in [-0.25, -0.2) is 0 Å². The van der Waals surface area contributed by atoms with Gasteiger partial charge in [0.1, 0.15) is 0 Å². The summed E-state index contributed by atoms with van der Waals surface area (Å²) in [6.07, 6.45) is -0.434. The summed E-state index contributed by atoms with van der Waals surface area (Å²) in [7, 11) is 4.07. The number of hydrogen-bond acceptors (Lipinski definition) is 5. The number of aliphatic hydroxyl groups excluding tert-OH is 1. The zero-order chi connectivity index (χ0) is 13.8. The van der Waals surface area contributed by atoms with E-state index in [4.69, 9.17) is 4.74 Å². The Labute approximate surface area is 114 Å². The Bertz CT molecular complexity index is 423. The summed E-state index contributed by atoms with van der Waals surface area (Å²) in [5, 5.41) is 9.85. The molecule has 1 atom stereocenters. The van der Waals surface area contributed by atoms with Crippen LogP contribution in [0.15, 0.2) is 12.1 Å². The average molecular weight is 265 g/mol. The highest BCUT2D eigenvalue weighted by Crippen LogP contribution is 2.21. The van der Waals surface area contributed by atoms with Gasteiger partial charge in [-0.2, -0.15) is 0 Å². The molecule has 0 radical (unpaired) electrons. The molecule has 5 nitrogen and oxygen atoms in total. The van der Waals surface area contributed by atoms with Crippen LogP contribution in [0.5, 0.6) is 0 Å². The first-order chi connectivity index (χ1) is 9.06. The van der Waals surface area contributed by atoms with Crippen molar-refractivity contribution in [2.75, 3.05) is 45.3 Å². The third-order valence-corrected chi connectivity index (χ3v) is 3.14. The van der Waals surface area contributed by atoms with Gasteiger partial charge in [0.2, 0.25) is 0 Å². The van der Waals surface area contributed by atoms with Gasteiger partial charge in [0.25, 0.3) is 0 Å². The lowest BCUT2D eigenvalue weighted by atomic mass is 10.2. The van der Waals surface area contributed by atoms with Crippen LogP contribution in [-0.4, -0.2) is 61.5 Å². The lowest BCUT2D eigenvalue weighted by Crippen LogP contribution is -2.34. The maximum absolute atomic E-state index is 9.85. The van der Waals surface area contributed by atoms with E-state index >= 15 is 0 Å². The fourth-order valence-corrected chi connectivity index (χ4v) is 2.32. The van der Waals surface area contributed by atoms with Crippen LogP contribution in [-0.2, 0) is 11.3 Å². The molecule has 106 valence electrons. The third kappa shape index (κ3) is 3.89. The van der Waals surface area contributed by atoms with Gasteiger partial charge in [0.15, 0.2) is 0 Å². The van der Waals surface area contributed by atoms with E-state index in [2.05, 4.69) is 20.9 Å². The summed E-state index contributed by atoms with van der Waals surface area (Å²) in [5.41, 5.74) is 3.18. The molecule has 1 aliphatic rings. The van der Waals surface area contributed by atoms with Gasteiger partial charge < -0.3 is 19.6 Å². The predicted octanol–water partition coefficient (Wildman–Crippen LogP) is 0.649. The lowest BCUT2D eigenvalue weighted by Gasteiger charge is -2.26. The maximum Gasteiger partial charge on any atom is 0.0948 e. The van der Waals surface area contributed by atoms with Crippen LogP contribution < -0.4 is 4.90 Å². The molecular weight excluding hydrogens is 242 g/mol. The highest BCUT2D eigenvalue weighted by Gasteiger charge is 2.19. The Morgan fingerprint density at radius 3 is 3.00 bits per heavy atom. The second-order valence-electron chi connectivity index (χ2n) is 5.33. The van der Waals surface area contributed by atoms with Crippen molar-refractivity contribution in [1.82, 2.24) is 9.88 Å². The first kappa shape index (κ1) is 14.2. The molecule has 1 aromatic rings. The van der Waals surface area contributed by atoms with E-state index in [0.717, 1.165) is 30.2 Å². The Hall–Kier alpha value is -1.17. The second kappa shape index (κ2) is 6.32. The molecule has 0 amide bonds. The van der Waals surface area contributed by atoms with Gasteiger partial charge in [0.05, 0.1) is 30.7 Å². The van der Waals surface area contributed by atoms with Gasteiger partial charge in [-0.3, -0.25) is 4.98 Å². The van der Waals surface area contributed by atoms with E-state index in [0.29, 0.717) is 19.8 Å². The van der Waals surface area contributed by atoms with Gasteiger partial charge in [0, 0.05) is 25.3 Å². The fourth-order valence-electron chi connectivity index (χ4n) is 2.32. The summed E-state index contributed by atoms with van der Waals surface area (Å²) in [4.78, 5) is 8.92. The SMILES string of the molecule is Cc1ccc(N2CCOCC(O)C2)c(CN(C)C)n1. The zero-order valence-corrected chi connectivity index (χ0v) is 12.0. The van der Waals surface area contributed by atoms with E-state index in [1.54, 1.807) is 0 Å². The van der Waals surface area contributed by atoms with E-state index < -0.39 is 6.10 Å². The van der Waals surface area contributed by atoms with Crippen molar-refractivity contribution < 1.29 is 9.84 Å². The molecule has 1 aliphatic heterocycles. The summed E-state index contributed by atoms with van der Waals surface area (Å²) in [5.74, 6) is 0. The molecule has 19 heavy (non-hydrogen) atoms. The number of pyridine rings is 1. The molecule has 1 unspecified atom stereocenters. The van der Waals surface area contributed by atoms with Crippen LogP contribution in [0.4, 0.5) is 5.69 Å². The lowest BCUT2D eigenvalue weighted by molar-refractivity contribution is 0.0597. The maximum atomic E-state index is 9.85. The standard InChI is InChI=1S/C14H23N3O2/c1-11-4-5-14(13(15-11)9-16(2)3)17-6-7-19-10-12(18)8-17/h4-5,12,18H,6-10H2,1-3H3. The third-order valence-electron chi connectivity index (χ3n) is 3.14. The number of ether oxygens (including phenoxy) is 1. The zero-order valence-electron chi connectivity index (χ0n) is 12.0. The number of hydrogen-bond donors (Lipinski definition) is 1. The minimum atomic E-state index is -0.434. The van der Waals surface area contributed by atoms with E-state index in [9.17, 15) is 5.11 Å². The second-order valence-corrected chi connectivity index (χ2v) is 5.33. The topological polar surface area (TPSA) is 48.8 Å². The average Bonchev–Trinajstić information content (AvgIpc) is 2.53. The molecule has 0 aromatic carbocycles. The number of anilines is 1. The molecule has 2 heterocycles. The molecule has 0 aliphatic carbocycles.